The summed E-state index contributed by atoms with van der Waals surface area (Å²) in [5.41, 5.74) is 2.84. The minimum absolute atomic E-state index is 0.362. The molecule has 0 fully saturated rings. The van der Waals surface area contributed by atoms with E-state index in [0.29, 0.717) is 23.3 Å². The zero-order chi connectivity index (χ0) is 17.6. The van der Waals surface area contributed by atoms with Gasteiger partial charge in [0.2, 0.25) is 5.95 Å². The second kappa shape index (κ2) is 7.96. The van der Waals surface area contributed by atoms with Crippen molar-refractivity contribution in [1.82, 2.24) is 9.97 Å². The van der Waals surface area contributed by atoms with Crippen LogP contribution in [0, 0.1) is 6.92 Å². The van der Waals surface area contributed by atoms with Gasteiger partial charge in [-0.25, -0.2) is 4.98 Å². The molecule has 0 aliphatic carbocycles. The molecule has 0 saturated carbocycles. The summed E-state index contributed by atoms with van der Waals surface area (Å²) in [5.74, 6) is 1.11. The predicted octanol–water partition coefficient (Wildman–Crippen LogP) is 4.33. The number of anilines is 3. The quantitative estimate of drug-likeness (QED) is 0.614. The number of rotatable bonds is 6. The molecule has 2 aromatic carbocycles. The average Bonchev–Trinajstić information content (AvgIpc) is 2.62. The third-order valence-electron chi connectivity index (χ3n) is 3.66. The van der Waals surface area contributed by atoms with Gasteiger partial charge in [0.25, 0.3) is 0 Å². The van der Waals surface area contributed by atoms with Gasteiger partial charge in [-0.2, -0.15) is 4.98 Å². The highest BCUT2D eigenvalue weighted by atomic mass is 35.5. The monoisotopic (exact) mass is 354 g/mol. The number of aliphatic hydroxyl groups is 1. The Morgan fingerprint density at radius 3 is 2.68 bits per heavy atom. The highest BCUT2D eigenvalue weighted by molar-refractivity contribution is 6.30. The molecule has 1 atom stereocenters. The summed E-state index contributed by atoms with van der Waals surface area (Å²) < 4.78 is 0. The highest BCUT2D eigenvalue weighted by Crippen LogP contribution is 2.18. The molecule has 3 N–H and O–H groups in total. The molecule has 0 radical (unpaired) electrons. The van der Waals surface area contributed by atoms with E-state index in [2.05, 4.69) is 20.6 Å². The first kappa shape index (κ1) is 17.2. The van der Waals surface area contributed by atoms with Crippen molar-refractivity contribution in [2.75, 3.05) is 17.2 Å². The van der Waals surface area contributed by atoms with E-state index in [0.717, 1.165) is 16.8 Å². The summed E-state index contributed by atoms with van der Waals surface area (Å²) in [4.78, 5) is 8.59. The molecule has 1 heterocycles. The van der Waals surface area contributed by atoms with E-state index in [4.69, 9.17) is 11.6 Å². The predicted molar refractivity (Wildman–Crippen MR) is 101 cm³/mol. The maximum atomic E-state index is 10.3. The fraction of sp³-hybridized carbons (Fsp3) is 0.158. The number of nitrogens with one attached hydrogen (secondary N) is 2. The van der Waals surface area contributed by atoms with Gasteiger partial charge in [-0.1, -0.05) is 41.4 Å². The van der Waals surface area contributed by atoms with Gasteiger partial charge < -0.3 is 15.7 Å². The minimum atomic E-state index is -0.609. The van der Waals surface area contributed by atoms with Crippen molar-refractivity contribution in [1.29, 1.82) is 0 Å². The number of aryl methyl sites for hydroxylation is 1. The molecule has 128 valence electrons. The lowest BCUT2D eigenvalue weighted by Crippen LogP contribution is -2.13. The first-order valence-corrected chi connectivity index (χ1v) is 8.32. The largest absolute Gasteiger partial charge is 0.387 e. The van der Waals surface area contributed by atoms with Crippen LogP contribution in [0.2, 0.25) is 5.02 Å². The van der Waals surface area contributed by atoms with Crippen molar-refractivity contribution in [3.05, 3.63) is 76.9 Å². The summed E-state index contributed by atoms with van der Waals surface area (Å²) in [6.45, 7) is 2.36. The number of nitrogens with zero attached hydrogens (tertiary/aromatic N) is 2. The van der Waals surface area contributed by atoms with Crippen molar-refractivity contribution in [3.63, 3.8) is 0 Å². The Morgan fingerprint density at radius 1 is 1.12 bits per heavy atom. The maximum absolute atomic E-state index is 10.3. The van der Waals surface area contributed by atoms with Crippen LogP contribution in [-0.4, -0.2) is 21.6 Å². The smallest absolute Gasteiger partial charge is 0.229 e. The van der Waals surface area contributed by atoms with E-state index in [1.807, 2.05) is 43.3 Å². The second-order valence-corrected chi connectivity index (χ2v) is 6.14. The van der Waals surface area contributed by atoms with Gasteiger partial charge in [-0.05, 0) is 42.8 Å². The number of aliphatic hydroxyl groups excluding tert-OH is 1. The SMILES string of the molecule is Cc1cccc(C(O)CNc2ccnc(Nc3ccc(Cl)cc3)n2)c1. The molecule has 1 unspecified atom stereocenters. The van der Waals surface area contributed by atoms with Gasteiger partial charge in [-0.15, -0.1) is 0 Å². The van der Waals surface area contributed by atoms with Crippen LogP contribution < -0.4 is 10.6 Å². The third kappa shape index (κ3) is 4.92. The molecule has 6 heteroatoms. The standard InChI is InChI=1S/C19H19ClN4O/c1-13-3-2-4-14(11-13)17(25)12-22-18-9-10-21-19(24-18)23-16-7-5-15(20)6-8-16/h2-11,17,25H,12H2,1H3,(H2,21,22,23,24). The van der Waals surface area contributed by atoms with Gasteiger partial charge in [-0.3, -0.25) is 0 Å². The van der Waals surface area contributed by atoms with E-state index in [1.54, 1.807) is 24.4 Å². The van der Waals surface area contributed by atoms with E-state index >= 15 is 0 Å². The molecule has 3 aromatic rings. The Bertz CT molecular complexity index is 839. The molecule has 0 aliphatic heterocycles. The van der Waals surface area contributed by atoms with Gasteiger partial charge in [0.15, 0.2) is 0 Å². The summed E-state index contributed by atoms with van der Waals surface area (Å²) in [6, 6.07) is 16.9. The molecule has 0 spiro atoms. The Morgan fingerprint density at radius 2 is 1.92 bits per heavy atom. The van der Waals surface area contributed by atoms with E-state index < -0.39 is 6.10 Å². The van der Waals surface area contributed by atoms with E-state index in [1.165, 1.54) is 0 Å². The first-order chi connectivity index (χ1) is 12.1. The third-order valence-corrected chi connectivity index (χ3v) is 3.91. The molecular weight excluding hydrogens is 336 g/mol. The lowest BCUT2D eigenvalue weighted by Gasteiger charge is -2.14. The van der Waals surface area contributed by atoms with E-state index in [9.17, 15) is 5.11 Å². The summed E-state index contributed by atoms with van der Waals surface area (Å²) in [7, 11) is 0. The lowest BCUT2D eigenvalue weighted by molar-refractivity contribution is 0.191. The summed E-state index contributed by atoms with van der Waals surface area (Å²) in [5, 5.41) is 17.2. The number of halogens is 1. The number of hydrogen-bond donors (Lipinski definition) is 3. The van der Waals surface area contributed by atoms with Crippen molar-refractivity contribution >= 4 is 29.1 Å². The van der Waals surface area contributed by atoms with Crippen LogP contribution in [-0.2, 0) is 0 Å². The Kier molecular flexibility index (Phi) is 5.48. The van der Waals surface area contributed by atoms with E-state index in [-0.39, 0.29) is 0 Å². The molecular formula is C19H19ClN4O. The Hall–Kier alpha value is -2.63. The Balaban J connectivity index is 1.62. The van der Waals surface area contributed by atoms with Crippen LogP contribution in [0.25, 0.3) is 0 Å². The van der Waals surface area contributed by atoms with Gasteiger partial charge >= 0.3 is 0 Å². The summed E-state index contributed by atoms with van der Waals surface area (Å²) in [6.07, 6.45) is 1.05. The first-order valence-electron chi connectivity index (χ1n) is 7.94. The average molecular weight is 355 g/mol. The molecule has 0 saturated heterocycles. The molecule has 3 rings (SSSR count). The fourth-order valence-corrected chi connectivity index (χ4v) is 2.50. The molecule has 0 aliphatic rings. The van der Waals surface area contributed by atoms with Gasteiger partial charge in [0.1, 0.15) is 5.82 Å². The molecule has 25 heavy (non-hydrogen) atoms. The molecule has 5 nitrogen and oxygen atoms in total. The molecule has 1 aromatic heterocycles. The maximum Gasteiger partial charge on any atom is 0.229 e. The zero-order valence-electron chi connectivity index (χ0n) is 13.8. The van der Waals surface area contributed by atoms with Crippen molar-refractivity contribution < 1.29 is 5.11 Å². The summed E-state index contributed by atoms with van der Waals surface area (Å²) >= 11 is 5.88. The number of benzene rings is 2. The Labute approximate surface area is 151 Å². The lowest BCUT2D eigenvalue weighted by atomic mass is 10.1. The number of hydrogen-bond acceptors (Lipinski definition) is 5. The molecule has 0 amide bonds. The van der Waals surface area contributed by atoms with Crippen LogP contribution in [0.15, 0.2) is 60.8 Å². The highest BCUT2D eigenvalue weighted by Gasteiger charge is 2.08. The van der Waals surface area contributed by atoms with Crippen molar-refractivity contribution in [3.8, 4) is 0 Å². The van der Waals surface area contributed by atoms with Crippen LogP contribution in [0.1, 0.15) is 17.2 Å². The normalized spacial score (nSPS) is 11.8. The minimum Gasteiger partial charge on any atom is -0.387 e. The van der Waals surface area contributed by atoms with Crippen LogP contribution in [0.3, 0.4) is 0 Å². The van der Waals surface area contributed by atoms with Crippen LogP contribution >= 0.6 is 11.6 Å². The van der Waals surface area contributed by atoms with Crippen molar-refractivity contribution in [2.45, 2.75) is 13.0 Å². The van der Waals surface area contributed by atoms with Crippen molar-refractivity contribution in [2.24, 2.45) is 0 Å². The van der Waals surface area contributed by atoms with Gasteiger partial charge in [0, 0.05) is 23.5 Å². The molecule has 0 bridgehead atoms. The van der Waals surface area contributed by atoms with Crippen LogP contribution in [0.5, 0.6) is 0 Å². The van der Waals surface area contributed by atoms with Crippen LogP contribution in [0.4, 0.5) is 17.5 Å². The van der Waals surface area contributed by atoms with Gasteiger partial charge in [0.05, 0.1) is 6.10 Å². The zero-order valence-corrected chi connectivity index (χ0v) is 14.5. The topological polar surface area (TPSA) is 70.1 Å². The fourth-order valence-electron chi connectivity index (χ4n) is 2.38. The number of aromatic nitrogens is 2. The second-order valence-electron chi connectivity index (χ2n) is 5.71.